The second kappa shape index (κ2) is 7.37. The fraction of sp³-hybridized carbons (Fsp3) is 0.522. The lowest BCUT2D eigenvalue weighted by atomic mass is 9.65. The zero-order valence-electron chi connectivity index (χ0n) is 17.6. The summed E-state index contributed by atoms with van der Waals surface area (Å²) < 4.78 is 11.7. The number of nitrogens with zero attached hydrogens (tertiary/aromatic N) is 2. The number of aliphatic hydroxyl groups excluding tert-OH is 1. The third-order valence-electron chi connectivity index (χ3n) is 7.43. The van der Waals surface area contributed by atoms with Gasteiger partial charge in [-0.15, -0.1) is 0 Å². The van der Waals surface area contributed by atoms with Crippen molar-refractivity contribution in [2.45, 2.75) is 37.8 Å². The number of hydrogen-bond donors (Lipinski definition) is 1. The van der Waals surface area contributed by atoms with Crippen molar-refractivity contribution in [3.05, 3.63) is 35.5 Å². The van der Waals surface area contributed by atoms with Gasteiger partial charge in [0, 0.05) is 11.9 Å². The molecule has 2 aliphatic heterocycles. The summed E-state index contributed by atoms with van der Waals surface area (Å²) in [5.41, 5.74) is 2.32. The third kappa shape index (κ3) is 2.88. The van der Waals surface area contributed by atoms with Crippen LogP contribution in [0, 0.1) is 17.8 Å². The lowest BCUT2D eigenvalue weighted by Gasteiger charge is -2.51. The van der Waals surface area contributed by atoms with Crippen LogP contribution in [0.5, 0.6) is 0 Å². The molecule has 1 aromatic carbocycles. The Labute approximate surface area is 179 Å². The van der Waals surface area contributed by atoms with Crippen LogP contribution in [0.3, 0.4) is 0 Å². The van der Waals surface area contributed by atoms with Crippen LogP contribution < -0.4 is 0 Å². The Bertz CT molecular complexity index is 1080. The minimum atomic E-state index is -0.759. The van der Waals surface area contributed by atoms with E-state index in [2.05, 4.69) is 0 Å². The number of aromatic nitrogens is 1. The van der Waals surface area contributed by atoms with E-state index in [1.165, 1.54) is 14.2 Å². The quantitative estimate of drug-likeness (QED) is 0.703. The number of methoxy groups -OCH3 is 2. The molecule has 0 spiro atoms. The largest absolute Gasteiger partial charge is 0.469 e. The molecular weight excluding hydrogens is 400 g/mol. The number of benzene rings is 1. The number of carbonyl (C=O) groups excluding carboxylic acids is 3. The van der Waals surface area contributed by atoms with E-state index in [1.807, 2.05) is 29.2 Å². The monoisotopic (exact) mass is 426 g/mol. The number of esters is 1. The van der Waals surface area contributed by atoms with E-state index in [-0.39, 0.29) is 30.2 Å². The van der Waals surface area contributed by atoms with Gasteiger partial charge in [0.05, 0.1) is 49.9 Å². The molecule has 31 heavy (non-hydrogen) atoms. The Morgan fingerprint density at radius 3 is 2.65 bits per heavy atom. The summed E-state index contributed by atoms with van der Waals surface area (Å²) in [6, 6.07) is 7.16. The average Bonchev–Trinajstić information content (AvgIpc) is 3.11. The first-order valence-corrected chi connectivity index (χ1v) is 10.7. The van der Waals surface area contributed by atoms with Crippen molar-refractivity contribution in [3.8, 4) is 0 Å². The average molecular weight is 426 g/mol. The van der Waals surface area contributed by atoms with E-state index < -0.39 is 24.1 Å². The van der Waals surface area contributed by atoms with Gasteiger partial charge in [-0.1, -0.05) is 18.2 Å². The van der Waals surface area contributed by atoms with E-state index in [9.17, 15) is 19.5 Å². The van der Waals surface area contributed by atoms with E-state index in [1.54, 1.807) is 4.57 Å². The van der Waals surface area contributed by atoms with Crippen LogP contribution >= 0.6 is 0 Å². The van der Waals surface area contributed by atoms with Crippen LogP contribution in [0.25, 0.3) is 10.9 Å². The molecule has 1 saturated carbocycles. The Morgan fingerprint density at radius 2 is 1.90 bits per heavy atom. The number of piperidine rings is 1. The minimum absolute atomic E-state index is 0.0319. The maximum Gasteiger partial charge on any atom is 0.418 e. The lowest BCUT2D eigenvalue weighted by Crippen LogP contribution is -2.55. The predicted octanol–water partition coefficient (Wildman–Crippen LogP) is 2.26. The highest BCUT2D eigenvalue weighted by Crippen LogP contribution is 2.50. The van der Waals surface area contributed by atoms with Crippen molar-refractivity contribution in [2.75, 3.05) is 20.8 Å². The van der Waals surface area contributed by atoms with Gasteiger partial charge >= 0.3 is 12.1 Å². The maximum atomic E-state index is 13.2. The lowest BCUT2D eigenvalue weighted by molar-refractivity contribution is -0.162. The van der Waals surface area contributed by atoms with Crippen LogP contribution in [0.2, 0.25) is 0 Å². The number of rotatable bonds is 1. The van der Waals surface area contributed by atoms with Gasteiger partial charge in [0.2, 0.25) is 5.91 Å². The van der Waals surface area contributed by atoms with Crippen LogP contribution in [0.15, 0.2) is 24.3 Å². The van der Waals surface area contributed by atoms with Gasteiger partial charge < -0.3 is 19.5 Å². The number of carbonyl (C=O) groups is 3. The summed E-state index contributed by atoms with van der Waals surface area (Å²) in [5, 5.41) is 11.5. The fourth-order valence-electron chi connectivity index (χ4n) is 6.09. The van der Waals surface area contributed by atoms with Gasteiger partial charge in [0.15, 0.2) is 0 Å². The van der Waals surface area contributed by atoms with Crippen LogP contribution in [-0.2, 0) is 25.5 Å². The fourth-order valence-corrected chi connectivity index (χ4v) is 6.09. The molecule has 2 aromatic rings. The zero-order chi connectivity index (χ0) is 21.9. The molecule has 5 rings (SSSR count). The number of para-hydroxylation sites is 1. The number of aliphatic hydroxyl groups is 1. The van der Waals surface area contributed by atoms with E-state index in [0.29, 0.717) is 24.9 Å². The van der Waals surface area contributed by atoms with Gasteiger partial charge in [-0.3, -0.25) is 9.59 Å². The van der Waals surface area contributed by atoms with E-state index in [4.69, 9.17) is 9.47 Å². The Hall–Kier alpha value is -2.87. The van der Waals surface area contributed by atoms with Gasteiger partial charge in [-0.2, -0.15) is 0 Å². The van der Waals surface area contributed by atoms with Gasteiger partial charge in [-0.25, -0.2) is 9.36 Å². The van der Waals surface area contributed by atoms with Crippen molar-refractivity contribution < 1.29 is 29.0 Å². The van der Waals surface area contributed by atoms with E-state index in [0.717, 1.165) is 23.1 Å². The molecule has 2 fully saturated rings. The molecule has 1 saturated heterocycles. The zero-order valence-corrected chi connectivity index (χ0v) is 17.6. The first kappa shape index (κ1) is 20.1. The summed E-state index contributed by atoms with van der Waals surface area (Å²) in [7, 11) is 2.68. The van der Waals surface area contributed by atoms with Crippen LogP contribution in [0.4, 0.5) is 4.79 Å². The molecule has 1 amide bonds. The molecule has 0 unspecified atom stereocenters. The molecule has 0 bridgehead atoms. The highest BCUT2D eigenvalue weighted by Gasteiger charge is 2.51. The summed E-state index contributed by atoms with van der Waals surface area (Å²) in [6.45, 7) is 0.510. The van der Waals surface area contributed by atoms with Crippen molar-refractivity contribution in [2.24, 2.45) is 17.8 Å². The van der Waals surface area contributed by atoms with E-state index >= 15 is 0 Å². The molecule has 5 atom stereocenters. The maximum absolute atomic E-state index is 13.2. The molecule has 8 nitrogen and oxygen atoms in total. The summed E-state index contributed by atoms with van der Waals surface area (Å²) in [5.74, 6) is -1.01. The predicted molar refractivity (Wildman–Crippen MR) is 110 cm³/mol. The molecule has 164 valence electrons. The SMILES string of the molecule is COC(=O)[C@@H]1[C@H]2C[C@H]3c4c(c5ccccc5n4C(=O)OC)CC(=O)N3C[C@@H]2CC[C@@H]1O. The minimum Gasteiger partial charge on any atom is -0.469 e. The normalized spacial score (nSPS) is 29.7. The standard InChI is InChI=1S/C23H26N2O6/c1-30-22(28)20-14-9-17-21-15(10-19(27)24(17)11-12(14)7-8-18(20)26)13-5-3-4-6-16(13)25(21)23(29)31-2/h3-6,12,14,17-18,20,26H,7-11H2,1-2H3/t12-,14-,17-,18-,20+/m0/s1. The summed E-state index contributed by atoms with van der Waals surface area (Å²) in [4.78, 5) is 40.3. The smallest absolute Gasteiger partial charge is 0.418 e. The van der Waals surface area contributed by atoms with Crippen LogP contribution in [-0.4, -0.2) is 59.4 Å². The topological polar surface area (TPSA) is 98.1 Å². The highest BCUT2D eigenvalue weighted by molar-refractivity contribution is 5.98. The number of amides is 1. The molecule has 3 aliphatic rings. The second-order valence-electron chi connectivity index (χ2n) is 8.78. The number of fused-ring (bicyclic) bond motifs is 6. The van der Waals surface area contributed by atoms with Gasteiger partial charge in [0.1, 0.15) is 0 Å². The van der Waals surface area contributed by atoms with Crippen LogP contribution in [0.1, 0.15) is 36.6 Å². The number of hydrogen-bond acceptors (Lipinski definition) is 6. The second-order valence-corrected chi connectivity index (χ2v) is 8.78. The molecule has 3 heterocycles. The third-order valence-corrected chi connectivity index (χ3v) is 7.43. The molecule has 1 N–H and O–H groups in total. The Morgan fingerprint density at radius 1 is 1.13 bits per heavy atom. The molecule has 1 aromatic heterocycles. The van der Waals surface area contributed by atoms with Gasteiger partial charge in [0.25, 0.3) is 0 Å². The van der Waals surface area contributed by atoms with Crippen molar-refractivity contribution in [3.63, 3.8) is 0 Å². The Kier molecular flexibility index (Phi) is 4.77. The molecule has 1 aliphatic carbocycles. The van der Waals surface area contributed by atoms with Crippen molar-refractivity contribution >= 4 is 28.9 Å². The van der Waals surface area contributed by atoms with Gasteiger partial charge in [-0.05, 0) is 42.7 Å². The first-order valence-electron chi connectivity index (χ1n) is 10.7. The molecule has 0 radical (unpaired) electrons. The summed E-state index contributed by atoms with van der Waals surface area (Å²) >= 11 is 0. The Balaban J connectivity index is 1.65. The first-order chi connectivity index (χ1) is 15.0. The molecular formula is C23H26N2O6. The van der Waals surface area contributed by atoms with Crippen molar-refractivity contribution in [1.82, 2.24) is 9.47 Å². The molecule has 8 heteroatoms. The summed E-state index contributed by atoms with van der Waals surface area (Å²) in [6.07, 6.45) is 0.737. The van der Waals surface area contributed by atoms with Crippen molar-refractivity contribution in [1.29, 1.82) is 0 Å². The number of ether oxygens (including phenoxy) is 2. The highest BCUT2D eigenvalue weighted by atomic mass is 16.5.